The molecule has 1 fully saturated rings. The Morgan fingerprint density at radius 2 is 2.43 bits per heavy atom. The number of hydrogen-bond acceptors (Lipinski definition) is 4. The average Bonchev–Trinajstić information content (AvgIpc) is 3.15. The normalized spacial score (nSPS) is 18.0. The van der Waals surface area contributed by atoms with Gasteiger partial charge < -0.3 is 14.7 Å². The average molecular weight is 290 g/mol. The zero-order valence-corrected chi connectivity index (χ0v) is 11.3. The van der Waals surface area contributed by atoms with E-state index >= 15 is 0 Å². The van der Waals surface area contributed by atoms with E-state index in [1.165, 1.54) is 18.5 Å². The maximum Gasteiger partial charge on any atom is 0.317 e. The molecule has 1 atom stereocenters. The van der Waals surface area contributed by atoms with E-state index in [1.807, 2.05) is 0 Å². The molecule has 1 N–H and O–H groups in total. The Labute approximate surface area is 120 Å². The topological polar surface area (TPSA) is 71.3 Å². The number of rotatable bonds is 3. The standard InChI is InChI=1S/C14H15FN4O2/c15-12-3-1-2-10(6-12)7-16-14(20)19-5-4-11(8-19)13-17-9-21-18-13/h1-3,6,9,11H,4-5,7-8H2,(H,16,20)/t11-/m0/s1. The van der Waals surface area contributed by atoms with Gasteiger partial charge in [-0.25, -0.2) is 9.18 Å². The quantitative estimate of drug-likeness (QED) is 0.937. The van der Waals surface area contributed by atoms with E-state index in [0.717, 1.165) is 12.0 Å². The Hall–Kier alpha value is -2.44. The third-order valence-electron chi connectivity index (χ3n) is 3.55. The third-order valence-corrected chi connectivity index (χ3v) is 3.55. The van der Waals surface area contributed by atoms with Crippen molar-refractivity contribution in [2.75, 3.05) is 13.1 Å². The molecule has 2 heterocycles. The minimum Gasteiger partial charge on any atom is -0.343 e. The number of amides is 2. The van der Waals surface area contributed by atoms with Crippen LogP contribution in [0.2, 0.25) is 0 Å². The maximum atomic E-state index is 13.1. The lowest BCUT2D eigenvalue weighted by Gasteiger charge is -2.16. The van der Waals surface area contributed by atoms with Gasteiger partial charge in [0.15, 0.2) is 5.82 Å². The molecule has 110 valence electrons. The van der Waals surface area contributed by atoms with E-state index in [-0.39, 0.29) is 17.8 Å². The third kappa shape index (κ3) is 3.18. The van der Waals surface area contributed by atoms with Crippen LogP contribution in [0, 0.1) is 5.82 Å². The van der Waals surface area contributed by atoms with Gasteiger partial charge in [-0.1, -0.05) is 17.3 Å². The summed E-state index contributed by atoms with van der Waals surface area (Å²) in [5.41, 5.74) is 0.734. The second-order valence-electron chi connectivity index (χ2n) is 5.01. The van der Waals surface area contributed by atoms with Crippen LogP contribution in [0.4, 0.5) is 9.18 Å². The van der Waals surface area contributed by atoms with Crippen LogP contribution < -0.4 is 5.32 Å². The molecule has 0 radical (unpaired) electrons. The molecule has 6 nitrogen and oxygen atoms in total. The van der Waals surface area contributed by atoms with E-state index in [9.17, 15) is 9.18 Å². The Kier molecular flexibility index (Phi) is 3.81. The number of halogens is 1. The van der Waals surface area contributed by atoms with Crippen molar-refractivity contribution in [1.82, 2.24) is 20.4 Å². The first-order valence-corrected chi connectivity index (χ1v) is 6.76. The lowest BCUT2D eigenvalue weighted by Crippen LogP contribution is -2.38. The van der Waals surface area contributed by atoms with Gasteiger partial charge in [0.1, 0.15) is 5.82 Å². The Bertz CT molecular complexity index is 617. The molecule has 1 aliphatic rings. The summed E-state index contributed by atoms with van der Waals surface area (Å²) < 4.78 is 17.8. The number of nitrogens with one attached hydrogen (secondary N) is 1. The number of likely N-dealkylation sites (tertiary alicyclic amines) is 1. The molecule has 0 aliphatic carbocycles. The molecule has 0 saturated carbocycles. The Morgan fingerprint density at radius 1 is 1.52 bits per heavy atom. The largest absolute Gasteiger partial charge is 0.343 e. The fourth-order valence-electron chi connectivity index (χ4n) is 2.45. The monoisotopic (exact) mass is 290 g/mol. The first-order valence-electron chi connectivity index (χ1n) is 6.76. The van der Waals surface area contributed by atoms with Gasteiger partial charge in [0.2, 0.25) is 6.39 Å². The molecule has 1 aromatic heterocycles. The summed E-state index contributed by atoms with van der Waals surface area (Å²) in [6, 6.07) is 6.02. The zero-order chi connectivity index (χ0) is 14.7. The van der Waals surface area contributed by atoms with Crippen LogP contribution in [-0.4, -0.2) is 34.2 Å². The molecular formula is C14H15FN4O2. The van der Waals surface area contributed by atoms with Gasteiger partial charge >= 0.3 is 6.03 Å². The van der Waals surface area contributed by atoms with Crippen molar-refractivity contribution in [2.24, 2.45) is 0 Å². The Balaban J connectivity index is 1.52. The van der Waals surface area contributed by atoms with Crippen LogP contribution in [0.3, 0.4) is 0 Å². The zero-order valence-electron chi connectivity index (χ0n) is 11.3. The number of carbonyl (C=O) groups is 1. The molecule has 7 heteroatoms. The second kappa shape index (κ2) is 5.90. The predicted molar refractivity (Wildman–Crippen MR) is 71.9 cm³/mol. The summed E-state index contributed by atoms with van der Waals surface area (Å²) in [6.45, 7) is 1.52. The molecule has 0 unspecified atom stereocenters. The fraction of sp³-hybridized carbons (Fsp3) is 0.357. The minimum atomic E-state index is -0.305. The van der Waals surface area contributed by atoms with Crippen LogP contribution in [-0.2, 0) is 6.54 Å². The fourth-order valence-corrected chi connectivity index (χ4v) is 2.45. The summed E-state index contributed by atoms with van der Waals surface area (Å²) in [7, 11) is 0. The van der Waals surface area contributed by atoms with Crippen LogP contribution in [0.5, 0.6) is 0 Å². The van der Waals surface area contributed by atoms with Crippen molar-refractivity contribution in [3.8, 4) is 0 Å². The lowest BCUT2D eigenvalue weighted by atomic mass is 10.1. The molecule has 1 saturated heterocycles. The SMILES string of the molecule is O=C(NCc1cccc(F)c1)N1CC[C@H](c2ncon2)C1. The smallest absolute Gasteiger partial charge is 0.317 e. The first kappa shape index (κ1) is 13.5. The van der Waals surface area contributed by atoms with Gasteiger partial charge in [-0.15, -0.1) is 0 Å². The van der Waals surface area contributed by atoms with Crippen LogP contribution in [0.1, 0.15) is 23.7 Å². The second-order valence-corrected chi connectivity index (χ2v) is 5.01. The number of carbonyl (C=O) groups excluding carboxylic acids is 1. The van der Waals surface area contributed by atoms with Crippen molar-refractivity contribution < 1.29 is 13.7 Å². The minimum absolute atomic E-state index is 0.115. The molecule has 3 rings (SSSR count). The molecule has 2 aromatic rings. The van der Waals surface area contributed by atoms with Gasteiger partial charge in [0, 0.05) is 25.6 Å². The van der Waals surface area contributed by atoms with Crippen LogP contribution in [0.15, 0.2) is 35.2 Å². The maximum absolute atomic E-state index is 13.1. The van der Waals surface area contributed by atoms with Crippen LogP contribution in [0.25, 0.3) is 0 Å². The molecular weight excluding hydrogens is 275 g/mol. The van der Waals surface area contributed by atoms with Crippen molar-refractivity contribution in [1.29, 1.82) is 0 Å². The Morgan fingerprint density at radius 3 is 3.19 bits per heavy atom. The van der Waals surface area contributed by atoms with E-state index < -0.39 is 0 Å². The van der Waals surface area contributed by atoms with Gasteiger partial charge in [-0.05, 0) is 24.1 Å². The summed E-state index contributed by atoms with van der Waals surface area (Å²) in [6.07, 6.45) is 2.11. The van der Waals surface area contributed by atoms with Crippen molar-refractivity contribution in [2.45, 2.75) is 18.9 Å². The van der Waals surface area contributed by atoms with E-state index in [4.69, 9.17) is 4.52 Å². The number of hydrogen-bond donors (Lipinski definition) is 1. The van der Waals surface area contributed by atoms with Gasteiger partial charge in [0.05, 0.1) is 0 Å². The lowest BCUT2D eigenvalue weighted by molar-refractivity contribution is 0.207. The van der Waals surface area contributed by atoms with Gasteiger partial charge in [-0.3, -0.25) is 0 Å². The van der Waals surface area contributed by atoms with Crippen molar-refractivity contribution in [3.63, 3.8) is 0 Å². The number of urea groups is 1. The summed E-state index contributed by atoms with van der Waals surface area (Å²) >= 11 is 0. The molecule has 2 amide bonds. The predicted octanol–water partition coefficient (Wildman–Crippen LogP) is 1.91. The molecule has 0 bridgehead atoms. The van der Waals surface area contributed by atoms with E-state index in [0.29, 0.717) is 25.5 Å². The van der Waals surface area contributed by atoms with E-state index in [1.54, 1.807) is 17.0 Å². The number of aromatic nitrogens is 2. The molecule has 21 heavy (non-hydrogen) atoms. The highest BCUT2D eigenvalue weighted by Gasteiger charge is 2.29. The van der Waals surface area contributed by atoms with Crippen LogP contribution >= 0.6 is 0 Å². The first-order chi connectivity index (χ1) is 10.2. The van der Waals surface area contributed by atoms with Crippen molar-refractivity contribution in [3.05, 3.63) is 47.9 Å². The number of nitrogens with zero attached hydrogens (tertiary/aromatic N) is 3. The van der Waals surface area contributed by atoms with Gasteiger partial charge in [0.25, 0.3) is 0 Å². The molecule has 1 aliphatic heterocycles. The highest BCUT2D eigenvalue weighted by Crippen LogP contribution is 2.24. The summed E-state index contributed by atoms with van der Waals surface area (Å²) in [5, 5.41) is 6.60. The van der Waals surface area contributed by atoms with Gasteiger partial charge in [-0.2, -0.15) is 4.98 Å². The number of benzene rings is 1. The van der Waals surface area contributed by atoms with Crippen molar-refractivity contribution >= 4 is 6.03 Å². The highest BCUT2D eigenvalue weighted by atomic mass is 19.1. The molecule has 0 spiro atoms. The molecule has 1 aromatic carbocycles. The summed E-state index contributed by atoms with van der Waals surface area (Å²) in [5.74, 6) is 0.444. The van der Waals surface area contributed by atoms with E-state index in [2.05, 4.69) is 15.5 Å². The summed E-state index contributed by atoms with van der Waals surface area (Å²) in [4.78, 5) is 17.8. The highest BCUT2D eigenvalue weighted by molar-refractivity contribution is 5.74.